The van der Waals surface area contributed by atoms with Gasteiger partial charge in [0.25, 0.3) is 0 Å². The van der Waals surface area contributed by atoms with Gasteiger partial charge in [-0.25, -0.2) is 4.98 Å². The van der Waals surface area contributed by atoms with Gasteiger partial charge in [-0.3, -0.25) is 9.78 Å². The first kappa shape index (κ1) is 14.8. The first-order chi connectivity index (χ1) is 10.8. The highest BCUT2D eigenvalue weighted by Gasteiger charge is 2.26. The van der Waals surface area contributed by atoms with Crippen LogP contribution in [0.4, 0.5) is 0 Å². The number of imidazole rings is 1. The summed E-state index contributed by atoms with van der Waals surface area (Å²) in [5.41, 5.74) is 0.992. The van der Waals surface area contributed by atoms with Crippen molar-refractivity contribution in [1.82, 2.24) is 19.4 Å². The van der Waals surface area contributed by atoms with Gasteiger partial charge in [-0.2, -0.15) is 0 Å². The molecule has 116 valence electrons. The number of likely N-dealkylation sites (tertiary alicyclic amines) is 1. The summed E-state index contributed by atoms with van der Waals surface area (Å²) < 4.78 is 2.08. The Labute approximate surface area is 131 Å². The maximum absolute atomic E-state index is 12.6. The smallest absolute Gasteiger partial charge is 0.227 e. The zero-order valence-corrected chi connectivity index (χ0v) is 12.8. The standard InChI is InChI=1S/C17H22N4O/c22-17(12-15-4-3-7-18-13-15)21-9-2-1-5-16(21)6-10-20-11-8-19-14-20/h3-4,7-8,11,13-14,16H,1-2,5-6,9-10,12H2. The van der Waals surface area contributed by atoms with Gasteiger partial charge >= 0.3 is 0 Å². The largest absolute Gasteiger partial charge is 0.339 e. The number of aromatic nitrogens is 3. The van der Waals surface area contributed by atoms with Crippen LogP contribution in [0.2, 0.25) is 0 Å². The first-order valence-corrected chi connectivity index (χ1v) is 7.97. The van der Waals surface area contributed by atoms with E-state index in [4.69, 9.17) is 0 Å². The van der Waals surface area contributed by atoms with Crippen LogP contribution >= 0.6 is 0 Å². The van der Waals surface area contributed by atoms with Crippen LogP contribution in [0.5, 0.6) is 0 Å². The van der Waals surface area contributed by atoms with Gasteiger partial charge in [0.15, 0.2) is 0 Å². The molecule has 0 saturated carbocycles. The molecule has 2 aromatic heterocycles. The predicted octanol–water partition coefficient (Wildman–Crippen LogP) is 2.29. The SMILES string of the molecule is O=C(Cc1cccnc1)N1CCCCC1CCn1ccnc1. The molecule has 1 atom stereocenters. The second-order valence-corrected chi connectivity index (χ2v) is 5.86. The number of pyridine rings is 1. The zero-order valence-electron chi connectivity index (χ0n) is 12.8. The van der Waals surface area contributed by atoms with Crippen LogP contribution in [0, 0.1) is 0 Å². The minimum Gasteiger partial charge on any atom is -0.339 e. The monoisotopic (exact) mass is 298 g/mol. The van der Waals surface area contributed by atoms with Gasteiger partial charge in [-0.15, -0.1) is 0 Å². The molecule has 1 fully saturated rings. The van der Waals surface area contributed by atoms with E-state index >= 15 is 0 Å². The molecule has 5 nitrogen and oxygen atoms in total. The molecule has 3 heterocycles. The van der Waals surface area contributed by atoms with E-state index in [9.17, 15) is 4.79 Å². The Balaban J connectivity index is 1.60. The van der Waals surface area contributed by atoms with E-state index < -0.39 is 0 Å². The summed E-state index contributed by atoms with van der Waals surface area (Å²) in [5, 5.41) is 0. The van der Waals surface area contributed by atoms with Gasteiger partial charge in [-0.1, -0.05) is 6.07 Å². The molecular weight excluding hydrogens is 276 g/mol. The average molecular weight is 298 g/mol. The van der Waals surface area contributed by atoms with Gasteiger partial charge in [-0.05, 0) is 37.3 Å². The second kappa shape index (κ2) is 7.20. The first-order valence-electron chi connectivity index (χ1n) is 7.97. The summed E-state index contributed by atoms with van der Waals surface area (Å²) in [7, 11) is 0. The summed E-state index contributed by atoms with van der Waals surface area (Å²) in [6.07, 6.45) is 14.0. The van der Waals surface area contributed by atoms with Crippen LogP contribution in [0.3, 0.4) is 0 Å². The van der Waals surface area contributed by atoms with Crippen LogP contribution in [-0.4, -0.2) is 37.9 Å². The van der Waals surface area contributed by atoms with Crippen LogP contribution in [0.15, 0.2) is 43.2 Å². The Kier molecular flexibility index (Phi) is 4.83. The fourth-order valence-corrected chi connectivity index (χ4v) is 3.12. The molecule has 3 rings (SSSR count). The lowest BCUT2D eigenvalue weighted by Crippen LogP contribution is -2.44. The van der Waals surface area contributed by atoms with Crippen LogP contribution in [0.1, 0.15) is 31.2 Å². The Morgan fingerprint density at radius 2 is 2.23 bits per heavy atom. The lowest BCUT2D eigenvalue weighted by Gasteiger charge is -2.36. The molecule has 1 saturated heterocycles. The summed E-state index contributed by atoms with van der Waals surface area (Å²) in [4.78, 5) is 22.9. The highest BCUT2D eigenvalue weighted by Crippen LogP contribution is 2.21. The molecule has 2 aromatic rings. The lowest BCUT2D eigenvalue weighted by atomic mass is 9.98. The van der Waals surface area contributed by atoms with Gasteiger partial charge in [0.05, 0.1) is 12.7 Å². The van der Waals surface area contributed by atoms with Crippen molar-refractivity contribution in [1.29, 1.82) is 0 Å². The number of hydrogen-bond acceptors (Lipinski definition) is 3. The van der Waals surface area contributed by atoms with E-state index in [1.54, 1.807) is 18.6 Å². The second-order valence-electron chi connectivity index (χ2n) is 5.86. The fraction of sp³-hybridized carbons (Fsp3) is 0.471. The number of aryl methyl sites for hydroxylation is 1. The number of piperidine rings is 1. The highest BCUT2D eigenvalue weighted by molar-refractivity contribution is 5.79. The minimum absolute atomic E-state index is 0.225. The van der Waals surface area contributed by atoms with Crippen LogP contribution in [-0.2, 0) is 17.8 Å². The van der Waals surface area contributed by atoms with Crippen LogP contribution < -0.4 is 0 Å². The summed E-state index contributed by atoms with van der Waals surface area (Å²) >= 11 is 0. The zero-order chi connectivity index (χ0) is 15.2. The maximum atomic E-state index is 12.6. The number of nitrogens with zero attached hydrogens (tertiary/aromatic N) is 4. The molecule has 1 amide bonds. The number of rotatable bonds is 5. The van der Waals surface area contributed by atoms with Crippen molar-refractivity contribution < 1.29 is 4.79 Å². The Morgan fingerprint density at radius 3 is 3.00 bits per heavy atom. The third kappa shape index (κ3) is 3.72. The number of amides is 1. The molecule has 0 aromatic carbocycles. The molecule has 22 heavy (non-hydrogen) atoms. The number of hydrogen-bond donors (Lipinski definition) is 0. The summed E-state index contributed by atoms with van der Waals surface area (Å²) in [6.45, 7) is 1.80. The van der Waals surface area contributed by atoms with E-state index in [0.29, 0.717) is 12.5 Å². The van der Waals surface area contributed by atoms with Crippen molar-refractivity contribution in [2.75, 3.05) is 6.54 Å². The van der Waals surface area contributed by atoms with E-state index in [0.717, 1.165) is 37.9 Å². The molecule has 0 bridgehead atoms. The fourth-order valence-electron chi connectivity index (χ4n) is 3.12. The van der Waals surface area contributed by atoms with Crippen molar-refractivity contribution >= 4 is 5.91 Å². The topological polar surface area (TPSA) is 51.0 Å². The lowest BCUT2D eigenvalue weighted by molar-refractivity contribution is -0.134. The summed E-state index contributed by atoms with van der Waals surface area (Å²) in [5.74, 6) is 0.225. The quantitative estimate of drug-likeness (QED) is 0.851. The van der Waals surface area contributed by atoms with Gasteiger partial charge < -0.3 is 9.47 Å². The molecule has 1 aliphatic rings. The molecular formula is C17H22N4O. The third-order valence-electron chi connectivity index (χ3n) is 4.31. The summed E-state index contributed by atoms with van der Waals surface area (Å²) in [6, 6.07) is 4.20. The normalized spacial score (nSPS) is 18.4. The molecule has 0 spiro atoms. The maximum Gasteiger partial charge on any atom is 0.227 e. The van der Waals surface area contributed by atoms with E-state index in [2.05, 4.69) is 19.4 Å². The van der Waals surface area contributed by atoms with Gasteiger partial charge in [0.2, 0.25) is 5.91 Å². The highest BCUT2D eigenvalue weighted by atomic mass is 16.2. The van der Waals surface area contributed by atoms with Crippen LogP contribution in [0.25, 0.3) is 0 Å². The van der Waals surface area contributed by atoms with Crippen molar-refractivity contribution in [3.05, 3.63) is 48.8 Å². The molecule has 5 heteroatoms. The number of carbonyl (C=O) groups is 1. The molecule has 0 radical (unpaired) electrons. The molecule has 1 unspecified atom stereocenters. The van der Waals surface area contributed by atoms with Crippen molar-refractivity contribution in [2.45, 2.75) is 44.7 Å². The van der Waals surface area contributed by atoms with Crippen molar-refractivity contribution in [3.63, 3.8) is 0 Å². The minimum atomic E-state index is 0.225. The van der Waals surface area contributed by atoms with Crippen molar-refractivity contribution in [3.8, 4) is 0 Å². The molecule has 0 N–H and O–H groups in total. The van der Waals surface area contributed by atoms with E-state index in [-0.39, 0.29) is 5.91 Å². The average Bonchev–Trinajstić information content (AvgIpc) is 3.07. The van der Waals surface area contributed by atoms with Crippen molar-refractivity contribution in [2.24, 2.45) is 0 Å². The Bertz CT molecular complexity index is 582. The van der Waals surface area contributed by atoms with E-state index in [1.165, 1.54) is 6.42 Å². The third-order valence-corrected chi connectivity index (χ3v) is 4.31. The Morgan fingerprint density at radius 1 is 1.27 bits per heavy atom. The predicted molar refractivity (Wildman–Crippen MR) is 84.1 cm³/mol. The molecule has 1 aliphatic heterocycles. The van der Waals surface area contributed by atoms with E-state index in [1.807, 2.05) is 24.7 Å². The van der Waals surface area contributed by atoms with Gasteiger partial charge in [0, 0.05) is 43.9 Å². The van der Waals surface area contributed by atoms with Gasteiger partial charge in [0.1, 0.15) is 0 Å². The Hall–Kier alpha value is -2.17. The number of carbonyl (C=O) groups excluding carboxylic acids is 1. The molecule has 0 aliphatic carbocycles.